The fourth-order valence-corrected chi connectivity index (χ4v) is 5.28. The summed E-state index contributed by atoms with van der Waals surface area (Å²) in [5, 5.41) is 20.4. The molecule has 0 aromatic rings. The van der Waals surface area contributed by atoms with Crippen molar-refractivity contribution in [3.8, 4) is 0 Å². The van der Waals surface area contributed by atoms with E-state index in [0.29, 0.717) is 0 Å². The van der Waals surface area contributed by atoms with Gasteiger partial charge in [0.15, 0.2) is 0 Å². The third kappa shape index (κ3) is 49.6. The zero-order chi connectivity index (χ0) is 29.8. The quantitative estimate of drug-likeness (QED) is 0.0528. The Balaban J connectivity index is -0.000000688. The van der Waals surface area contributed by atoms with E-state index in [1.54, 1.807) is 0 Å². The molecule has 0 aromatic carbocycles. The Labute approximate surface area is 269 Å². The van der Waals surface area contributed by atoms with Gasteiger partial charge in [0, 0.05) is 11.9 Å². The first kappa shape index (κ1) is 45.0. The number of carbonyl (C=O) groups excluding carboxylic acids is 2. The molecule has 0 atom stereocenters. The van der Waals surface area contributed by atoms with Crippen LogP contribution in [0, 0.1) is 0 Å². The average Bonchev–Trinajstić information content (AvgIpc) is 2.93. The van der Waals surface area contributed by atoms with E-state index in [9.17, 15) is 19.8 Å². The summed E-state index contributed by atoms with van der Waals surface area (Å²) in [4.78, 5) is 20.4. The molecular formula is C36H70O4Rh. The van der Waals surface area contributed by atoms with Crippen LogP contribution in [0.15, 0.2) is 0 Å². The van der Waals surface area contributed by atoms with Gasteiger partial charge in [-0.05, 0) is 25.7 Å². The molecule has 1 radical (unpaired) electrons. The minimum absolute atomic E-state index is 0. The van der Waals surface area contributed by atoms with Crippen LogP contribution in [0.1, 0.15) is 219 Å². The molecule has 4 nitrogen and oxygen atoms in total. The normalized spacial score (nSPS) is 10.6. The summed E-state index contributed by atoms with van der Waals surface area (Å²) in [6.45, 7) is 4.53. The predicted molar refractivity (Wildman–Crippen MR) is 169 cm³/mol. The number of rotatable bonds is 32. The van der Waals surface area contributed by atoms with Gasteiger partial charge in [0.1, 0.15) is 0 Å². The van der Waals surface area contributed by atoms with Gasteiger partial charge in [-0.25, -0.2) is 0 Å². The summed E-state index contributed by atoms with van der Waals surface area (Å²) in [5.74, 6) is -1.81. The second-order valence-electron chi connectivity index (χ2n) is 12.1. The first-order chi connectivity index (χ1) is 19.5. The minimum Gasteiger partial charge on any atom is -0.550 e. The number of carboxylic acids is 2. The van der Waals surface area contributed by atoms with Gasteiger partial charge in [0.25, 0.3) is 0 Å². The van der Waals surface area contributed by atoms with E-state index in [-0.39, 0.29) is 32.3 Å². The number of unbranched alkanes of at least 4 members (excludes halogenated alkanes) is 28. The second kappa shape index (κ2) is 41.7. The molecule has 0 saturated heterocycles. The van der Waals surface area contributed by atoms with Crippen molar-refractivity contribution in [1.82, 2.24) is 0 Å². The Morgan fingerprint density at radius 3 is 0.610 bits per heavy atom. The van der Waals surface area contributed by atoms with Crippen LogP contribution in [0.5, 0.6) is 0 Å². The molecule has 0 amide bonds. The maximum atomic E-state index is 10.2. The number of hydrogen-bond donors (Lipinski definition) is 0. The Morgan fingerprint density at radius 2 is 0.463 bits per heavy atom. The Hall–Kier alpha value is -0.437. The van der Waals surface area contributed by atoms with Crippen LogP contribution >= 0.6 is 0 Å². The van der Waals surface area contributed by atoms with Crippen molar-refractivity contribution < 1.29 is 39.3 Å². The Bertz CT molecular complexity index is 454. The van der Waals surface area contributed by atoms with Crippen LogP contribution in [0.25, 0.3) is 0 Å². The van der Waals surface area contributed by atoms with Gasteiger partial charge >= 0.3 is 19.5 Å². The van der Waals surface area contributed by atoms with E-state index in [1.165, 1.54) is 167 Å². The molecule has 0 fully saturated rings. The summed E-state index contributed by atoms with van der Waals surface area (Å²) in [6.07, 6.45) is 39.7. The first-order valence-corrected chi connectivity index (χ1v) is 17.9. The molecule has 5 heteroatoms. The molecule has 0 N–H and O–H groups in total. The van der Waals surface area contributed by atoms with E-state index >= 15 is 0 Å². The molecule has 0 aliphatic heterocycles. The van der Waals surface area contributed by atoms with Crippen molar-refractivity contribution >= 4 is 11.9 Å². The summed E-state index contributed by atoms with van der Waals surface area (Å²) < 4.78 is 0. The van der Waals surface area contributed by atoms with Crippen LogP contribution in [-0.4, -0.2) is 11.9 Å². The molecule has 0 aromatic heterocycles. The predicted octanol–water partition coefficient (Wildman–Crippen LogP) is 9.99. The van der Waals surface area contributed by atoms with E-state index in [1.807, 2.05) is 0 Å². The van der Waals surface area contributed by atoms with Gasteiger partial charge in [0.05, 0.1) is 0 Å². The SMILES string of the molecule is CCCCCCCCCCCCCCCCCC(=O)[O-].CCCCCCCCCCCCCCCCCC(=O)[O-].[Rh+2]. The van der Waals surface area contributed by atoms with Gasteiger partial charge in [-0.2, -0.15) is 0 Å². The number of carboxylic acid groups (broad SMARTS) is 2. The van der Waals surface area contributed by atoms with E-state index < -0.39 is 11.9 Å². The van der Waals surface area contributed by atoms with Crippen LogP contribution < -0.4 is 10.2 Å². The zero-order valence-corrected chi connectivity index (χ0v) is 29.2. The number of carbonyl (C=O) groups is 2. The molecular weight excluding hydrogens is 599 g/mol. The first-order valence-electron chi connectivity index (χ1n) is 17.9. The third-order valence-electron chi connectivity index (χ3n) is 7.97. The van der Waals surface area contributed by atoms with Crippen LogP contribution in [-0.2, 0) is 29.1 Å². The van der Waals surface area contributed by atoms with Gasteiger partial charge in [0.2, 0.25) is 0 Å². The molecule has 0 bridgehead atoms. The Kier molecular flexibility index (Phi) is 45.8. The molecule has 0 aliphatic rings. The van der Waals surface area contributed by atoms with Gasteiger partial charge in [-0.1, -0.05) is 194 Å². The van der Waals surface area contributed by atoms with Crippen molar-refractivity contribution in [2.45, 2.75) is 219 Å². The second-order valence-corrected chi connectivity index (χ2v) is 12.1. The van der Waals surface area contributed by atoms with Crippen molar-refractivity contribution in [3.63, 3.8) is 0 Å². The van der Waals surface area contributed by atoms with Crippen LogP contribution in [0.3, 0.4) is 0 Å². The standard InChI is InChI=1S/2C18H36O2.Rh/c2*1-2-3-4-5-6-7-8-9-10-11-12-13-14-15-16-17-18(19)20;/h2*2-17H2,1H3,(H,19,20);/q;;+2/p-2. The van der Waals surface area contributed by atoms with Gasteiger partial charge < -0.3 is 19.8 Å². The number of aliphatic carboxylic acids is 2. The topological polar surface area (TPSA) is 80.3 Å². The number of hydrogen-bond acceptors (Lipinski definition) is 4. The monoisotopic (exact) mass is 669 g/mol. The fraction of sp³-hybridized carbons (Fsp3) is 0.944. The maximum absolute atomic E-state index is 10.2. The molecule has 41 heavy (non-hydrogen) atoms. The van der Waals surface area contributed by atoms with E-state index in [4.69, 9.17) is 0 Å². The van der Waals surface area contributed by atoms with Crippen molar-refractivity contribution in [2.75, 3.05) is 0 Å². The summed E-state index contributed by atoms with van der Waals surface area (Å²) in [6, 6.07) is 0. The Morgan fingerprint density at radius 1 is 0.317 bits per heavy atom. The van der Waals surface area contributed by atoms with Crippen LogP contribution in [0.2, 0.25) is 0 Å². The summed E-state index contributed by atoms with van der Waals surface area (Å²) in [7, 11) is 0. The van der Waals surface area contributed by atoms with E-state index in [2.05, 4.69) is 13.8 Å². The summed E-state index contributed by atoms with van der Waals surface area (Å²) in [5.41, 5.74) is 0. The van der Waals surface area contributed by atoms with Crippen LogP contribution in [0.4, 0.5) is 0 Å². The maximum Gasteiger partial charge on any atom is 2.00 e. The molecule has 0 rings (SSSR count). The van der Waals surface area contributed by atoms with Crippen molar-refractivity contribution in [2.24, 2.45) is 0 Å². The molecule has 0 unspecified atom stereocenters. The van der Waals surface area contributed by atoms with E-state index in [0.717, 1.165) is 25.7 Å². The third-order valence-corrected chi connectivity index (χ3v) is 7.97. The van der Waals surface area contributed by atoms with Crippen molar-refractivity contribution in [3.05, 3.63) is 0 Å². The summed E-state index contributed by atoms with van der Waals surface area (Å²) >= 11 is 0. The molecule has 247 valence electrons. The zero-order valence-electron chi connectivity index (χ0n) is 27.6. The molecule has 0 saturated carbocycles. The van der Waals surface area contributed by atoms with Gasteiger partial charge in [-0.3, -0.25) is 0 Å². The largest absolute Gasteiger partial charge is 2.00 e. The minimum atomic E-state index is -0.903. The molecule has 0 aliphatic carbocycles. The molecule has 0 spiro atoms. The van der Waals surface area contributed by atoms with Gasteiger partial charge in [-0.15, -0.1) is 0 Å². The molecule has 0 heterocycles. The average molecular weight is 670 g/mol. The van der Waals surface area contributed by atoms with Crippen molar-refractivity contribution in [1.29, 1.82) is 0 Å². The smallest absolute Gasteiger partial charge is 0.550 e. The fourth-order valence-electron chi connectivity index (χ4n) is 5.28.